The van der Waals surface area contributed by atoms with Gasteiger partial charge in [-0.05, 0) is 35.1 Å². The number of hydrogen-bond donors (Lipinski definition) is 0. The molecule has 1 aliphatic rings. The van der Waals surface area contributed by atoms with Crippen molar-refractivity contribution < 1.29 is 21.5 Å². The standard InChI is InChI=1S/C35H33N6S.BrH/c1-2-4-31(5-3-1)24-42-35-33-34(36-25-37-35)41(26-38-33)23-30-14-10-28(11-15-30)7-6-27-8-12-29(13-9-27)22-39-18-16-32(17-19-39)40-20-21-40;/h1-5,8-19,25-26H,6-7,20-24H2;1H/q+1;/p-1. The van der Waals surface area contributed by atoms with E-state index in [0.717, 1.165) is 47.9 Å². The number of anilines is 1. The van der Waals surface area contributed by atoms with Gasteiger partial charge in [-0.2, -0.15) is 0 Å². The molecule has 0 N–H and O–H groups in total. The molecule has 0 spiro atoms. The highest BCUT2D eigenvalue weighted by atomic mass is 79.9. The summed E-state index contributed by atoms with van der Waals surface area (Å²) >= 11 is 1.70. The minimum absolute atomic E-state index is 0. The Morgan fingerprint density at radius 3 is 2.00 bits per heavy atom. The molecule has 6 aromatic rings. The van der Waals surface area contributed by atoms with E-state index in [-0.39, 0.29) is 17.0 Å². The van der Waals surface area contributed by atoms with Crippen LogP contribution in [0.5, 0.6) is 0 Å². The monoisotopic (exact) mass is 648 g/mol. The zero-order chi connectivity index (χ0) is 28.1. The van der Waals surface area contributed by atoms with E-state index in [0.29, 0.717) is 0 Å². The van der Waals surface area contributed by atoms with E-state index in [1.165, 1.54) is 46.6 Å². The fourth-order valence-electron chi connectivity index (χ4n) is 5.20. The van der Waals surface area contributed by atoms with Crippen LogP contribution in [0.15, 0.2) is 121 Å². The average molecular weight is 650 g/mol. The van der Waals surface area contributed by atoms with E-state index in [4.69, 9.17) is 0 Å². The van der Waals surface area contributed by atoms with Crippen LogP contribution in [0.1, 0.15) is 27.8 Å². The molecule has 0 radical (unpaired) electrons. The third-order valence-corrected chi connectivity index (χ3v) is 8.79. The molecular formula is C35H33BrN6S. The molecule has 0 atom stereocenters. The number of thioether (sulfide) groups is 1. The Kier molecular flexibility index (Phi) is 9.15. The molecule has 6 nitrogen and oxygen atoms in total. The Balaban J connectivity index is 0.00000329. The molecule has 4 heterocycles. The molecule has 216 valence electrons. The topological polar surface area (TPSA) is 50.5 Å². The Morgan fingerprint density at radius 2 is 1.33 bits per heavy atom. The van der Waals surface area contributed by atoms with Gasteiger partial charge in [0.15, 0.2) is 24.6 Å². The summed E-state index contributed by atoms with van der Waals surface area (Å²) in [5.74, 6) is 0.859. The third-order valence-electron chi connectivity index (χ3n) is 7.74. The number of pyridine rings is 1. The lowest BCUT2D eigenvalue weighted by molar-refractivity contribution is -0.688. The van der Waals surface area contributed by atoms with Crippen LogP contribution in [-0.2, 0) is 31.7 Å². The summed E-state index contributed by atoms with van der Waals surface area (Å²) in [7, 11) is 0. The van der Waals surface area contributed by atoms with E-state index in [9.17, 15) is 0 Å². The molecule has 43 heavy (non-hydrogen) atoms. The van der Waals surface area contributed by atoms with Crippen molar-refractivity contribution in [1.29, 1.82) is 0 Å². The van der Waals surface area contributed by atoms with Crippen molar-refractivity contribution in [3.05, 3.63) is 144 Å². The first-order chi connectivity index (χ1) is 20.8. The highest BCUT2D eigenvalue weighted by Crippen LogP contribution is 2.27. The molecular weight excluding hydrogens is 616 g/mol. The minimum atomic E-state index is 0. The van der Waals surface area contributed by atoms with E-state index in [1.54, 1.807) is 18.1 Å². The van der Waals surface area contributed by atoms with Gasteiger partial charge in [-0.15, -0.1) is 0 Å². The lowest BCUT2D eigenvalue weighted by atomic mass is 10.0. The number of hydrogen-bond acceptors (Lipinski definition) is 5. The summed E-state index contributed by atoms with van der Waals surface area (Å²) in [6, 6.07) is 32.9. The molecule has 0 aliphatic carbocycles. The van der Waals surface area contributed by atoms with Gasteiger partial charge < -0.3 is 26.4 Å². The molecule has 0 saturated carbocycles. The lowest BCUT2D eigenvalue weighted by Gasteiger charge is -2.07. The summed E-state index contributed by atoms with van der Waals surface area (Å²) in [4.78, 5) is 16.1. The summed E-state index contributed by atoms with van der Waals surface area (Å²) < 4.78 is 4.35. The van der Waals surface area contributed by atoms with Crippen LogP contribution in [0.4, 0.5) is 5.69 Å². The molecule has 0 amide bonds. The van der Waals surface area contributed by atoms with Gasteiger partial charge >= 0.3 is 0 Å². The van der Waals surface area contributed by atoms with E-state index >= 15 is 0 Å². The number of aryl methyl sites for hydroxylation is 2. The van der Waals surface area contributed by atoms with E-state index in [2.05, 4.69) is 126 Å². The second-order valence-electron chi connectivity index (χ2n) is 10.8. The molecule has 3 aromatic carbocycles. The van der Waals surface area contributed by atoms with Crippen LogP contribution < -0.4 is 26.4 Å². The van der Waals surface area contributed by atoms with Crippen molar-refractivity contribution in [3.8, 4) is 0 Å². The normalized spacial score (nSPS) is 12.3. The fraction of sp³-hybridized carbons (Fsp3) is 0.200. The predicted molar refractivity (Wildman–Crippen MR) is 169 cm³/mol. The van der Waals surface area contributed by atoms with Crippen molar-refractivity contribution >= 4 is 28.6 Å². The first-order valence-corrected chi connectivity index (χ1v) is 15.5. The van der Waals surface area contributed by atoms with Crippen LogP contribution >= 0.6 is 11.8 Å². The van der Waals surface area contributed by atoms with Crippen molar-refractivity contribution in [2.24, 2.45) is 0 Å². The smallest absolute Gasteiger partial charge is 0.173 e. The number of imidazole rings is 1. The van der Waals surface area contributed by atoms with Crippen LogP contribution in [0.3, 0.4) is 0 Å². The molecule has 1 aliphatic heterocycles. The molecule has 3 aromatic heterocycles. The Bertz CT molecular complexity index is 1770. The first kappa shape index (κ1) is 29.1. The SMILES string of the molecule is [Br-].c1ccc(CSc2ncnc3c2ncn3Cc2ccc(CCc3ccc(C[n+]4ccc(N5CC5)cc4)cc3)cc2)cc1. The summed E-state index contributed by atoms with van der Waals surface area (Å²) in [6.07, 6.45) is 9.94. The largest absolute Gasteiger partial charge is 1.00 e. The summed E-state index contributed by atoms with van der Waals surface area (Å²) in [6.45, 7) is 4.00. The summed E-state index contributed by atoms with van der Waals surface area (Å²) in [5, 5.41) is 0.922. The number of rotatable bonds is 11. The molecule has 0 bridgehead atoms. The highest BCUT2D eigenvalue weighted by molar-refractivity contribution is 7.98. The van der Waals surface area contributed by atoms with E-state index in [1.807, 2.05) is 12.4 Å². The van der Waals surface area contributed by atoms with Gasteiger partial charge in [-0.3, -0.25) is 0 Å². The number of halogens is 1. The Hall–Kier alpha value is -4.01. The highest BCUT2D eigenvalue weighted by Gasteiger charge is 2.18. The lowest BCUT2D eigenvalue weighted by Crippen LogP contribution is -3.00. The number of aromatic nitrogens is 5. The number of benzene rings is 3. The van der Waals surface area contributed by atoms with Gasteiger partial charge in [0, 0.05) is 42.2 Å². The Morgan fingerprint density at radius 1 is 0.674 bits per heavy atom. The Labute approximate surface area is 267 Å². The second-order valence-corrected chi connectivity index (χ2v) is 11.8. The first-order valence-electron chi connectivity index (χ1n) is 14.5. The van der Waals surface area contributed by atoms with Crippen LogP contribution in [-0.4, -0.2) is 32.6 Å². The second kappa shape index (κ2) is 13.5. The zero-order valence-corrected chi connectivity index (χ0v) is 26.3. The predicted octanol–water partition coefficient (Wildman–Crippen LogP) is 3.11. The van der Waals surface area contributed by atoms with Crippen molar-refractivity contribution in [1.82, 2.24) is 19.5 Å². The number of nitrogens with zero attached hydrogens (tertiary/aromatic N) is 6. The summed E-state index contributed by atoms with van der Waals surface area (Å²) in [5.41, 5.74) is 9.61. The van der Waals surface area contributed by atoms with Crippen LogP contribution in [0, 0.1) is 0 Å². The molecule has 7 rings (SSSR count). The third kappa shape index (κ3) is 7.32. The number of fused-ring (bicyclic) bond motifs is 1. The van der Waals surface area contributed by atoms with Gasteiger partial charge in [0.2, 0.25) is 0 Å². The van der Waals surface area contributed by atoms with Crippen molar-refractivity contribution in [2.75, 3.05) is 18.0 Å². The van der Waals surface area contributed by atoms with Crippen molar-refractivity contribution in [2.45, 2.75) is 36.7 Å². The maximum absolute atomic E-state index is 4.66. The van der Waals surface area contributed by atoms with E-state index < -0.39 is 0 Å². The molecule has 8 heteroatoms. The average Bonchev–Trinajstić information content (AvgIpc) is 3.82. The fourth-order valence-corrected chi connectivity index (χ4v) is 6.10. The van der Waals surface area contributed by atoms with Gasteiger partial charge in [0.25, 0.3) is 0 Å². The molecule has 0 unspecified atom stereocenters. The molecule has 1 saturated heterocycles. The quantitative estimate of drug-likeness (QED) is 0.0936. The maximum atomic E-state index is 4.66. The van der Waals surface area contributed by atoms with Gasteiger partial charge in [0.1, 0.15) is 16.9 Å². The maximum Gasteiger partial charge on any atom is 0.173 e. The van der Waals surface area contributed by atoms with Crippen LogP contribution in [0.25, 0.3) is 11.2 Å². The van der Waals surface area contributed by atoms with Gasteiger partial charge in [-0.1, -0.05) is 90.6 Å². The van der Waals surface area contributed by atoms with Gasteiger partial charge in [0.05, 0.1) is 12.9 Å². The zero-order valence-electron chi connectivity index (χ0n) is 23.9. The van der Waals surface area contributed by atoms with Crippen LogP contribution in [0.2, 0.25) is 0 Å². The van der Waals surface area contributed by atoms with Gasteiger partial charge in [-0.25, -0.2) is 19.5 Å². The molecule has 1 fully saturated rings. The van der Waals surface area contributed by atoms with Crippen molar-refractivity contribution in [3.63, 3.8) is 0 Å². The minimum Gasteiger partial charge on any atom is -1.00 e.